The van der Waals surface area contributed by atoms with Gasteiger partial charge in [0.25, 0.3) is 0 Å². The zero-order valence-corrected chi connectivity index (χ0v) is 10.3. The lowest BCUT2D eigenvalue weighted by molar-refractivity contribution is -0.143. The predicted octanol–water partition coefficient (Wildman–Crippen LogP) is 2.47. The molecule has 0 aliphatic carbocycles. The third kappa shape index (κ3) is 4.38. The third-order valence-corrected chi connectivity index (χ3v) is 2.34. The number of carbonyl (C=O) groups is 2. The maximum Gasteiger partial charge on any atom is 0.306 e. The molecule has 0 radical (unpaired) electrons. The molecular formula is C14H15NO3. The van der Waals surface area contributed by atoms with Crippen molar-refractivity contribution in [3.8, 4) is 6.07 Å². The summed E-state index contributed by atoms with van der Waals surface area (Å²) in [7, 11) is 0. The summed E-state index contributed by atoms with van der Waals surface area (Å²) < 4.78 is 4.88. The molecule has 0 saturated heterocycles. The highest BCUT2D eigenvalue weighted by Gasteiger charge is 2.10. The number of rotatable bonds is 6. The number of ether oxygens (including phenoxy) is 1. The number of esters is 1. The van der Waals surface area contributed by atoms with Crippen LogP contribution in [0.3, 0.4) is 0 Å². The minimum absolute atomic E-state index is 0.0790. The Balaban J connectivity index is 2.50. The SMILES string of the molecule is CCCOC(=O)CCC(=O)c1cccc(C#N)c1. The number of nitriles is 1. The van der Waals surface area contributed by atoms with E-state index >= 15 is 0 Å². The largest absolute Gasteiger partial charge is 0.466 e. The van der Waals surface area contributed by atoms with Crippen LogP contribution in [-0.4, -0.2) is 18.4 Å². The van der Waals surface area contributed by atoms with Crippen molar-refractivity contribution in [1.82, 2.24) is 0 Å². The van der Waals surface area contributed by atoms with Crippen LogP contribution in [0.15, 0.2) is 24.3 Å². The second-order valence-corrected chi connectivity index (χ2v) is 3.84. The maximum atomic E-state index is 11.8. The highest BCUT2D eigenvalue weighted by atomic mass is 16.5. The Morgan fingerprint density at radius 2 is 2.11 bits per heavy atom. The van der Waals surface area contributed by atoms with Gasteiger partial charge in [0.15, 0.2) is 5.78 Å². The topological polar surface area (TPSA) is 67.2 Å². The van der Waals surface area contributed by atoms with Gasteiger partial charge in [-0.2, -0.15) is 5.26 Å². The molecule has 0 aliphatic rings. The molecule has 0 aromatic heterocycles. The van der Waals surface area contributed by atoms with Crippen LogP contribution in [0.2, 0.25) is 0 Å². The van der Waals surface area contributed by atoms with Gasteiger partial charge in [-0.1, -0.05) is 19.1 Å². The second kappa shape index (κ2) is 7.23. The van der Waals surface area contributed by atoms with E-state index in [0.29, 0.717) is 17.7 Å². The molecule has 18 heavy (non-hydrogen) atoms. The van der Waals surface area contributed by atoms with E-state index in [1.807, 2.05) is 13.0 Å². The van der Waals surface area contributed by atoms with E-state index < -0.39 is 0 Å². The molecule has 0 fully saturated rings. The first-order valence-electron chi connectivity index (χ1n) is 5.86. The summed E-state index contributed by atoms with van der Waals surface area (Å²) in [6.07, 6.45) is 0.955. The normalized spacial score (nSPS) is 9.56. The third-order valence-electron chi connectivity index (χ3n) is 2.34. The summed E-state index contributed by atoms with van der Waals surface area (Å²) in [5.74, 6) is -0.512. The smallest absolute Gasteiger partial charge is 0.306 e. The van der Waals surface area contributed by atoms with Gasteiger partial charge >= 0.3 is 5.97 Å². The molecule has 4 nitrogen and oxygen atoms in total. The van der Waals surface area contributed by atoms with E-state index in [1.54, 1.807) is 18.2 Å². The van der Waals surface area contributed by atoms with Crippen molar-refractivity contribution < 1.29 is 14.3 Å². The van der Waals surface area contributed by atoms with E-state index in [0.717, 1.165) is 6.42 Å². The van der Waals surface area contributed by atoms with Crippen LogP contribution in [0.25, 0.3) is 0 Å². The zero-order chi connectivity index (χ0) is 13.4. The van der Waals surface area contributed by atoms with Crippen LogP contribution in [0.4, 0.5) is 0 Å². The lowest BCUT2D eigenvalue weighted by Gasteiger charge is -2.03. The van der Waals surface area contributed by atoms with Crippen LogP contribution < -0.4 is 0 Å². The lowest BCUT2D eigenvalue weighted by Crippen LogP contribution is -2.08. The summed E-state index contributed by atoms with van der Waals surface area (Å²) in [5.41, 5.74) is 0.895. The highest BCUT2D eigenvalue weighted by molar-refractivity contribution is 5.97. The molecule has 1 aromatic rings. The zero-order valence-electron chi connectivity index (χ0n) is 10.3. The Bertz CT molecular complexity index is 474. The summed E-state index contributed by atoms with van der Waals surface area (Å²) >= 11 is 0. The minimum Gasteiger partial charge on any atom is -0.466 e. The molecule has 0 heterocycles. The Kier molecular flexibility index (Phi) is 5.59. The molecule has 0 amide bonds. The van der Waals surface area contributed by atoms with Crippen LogP contribution >= 0.6 is 0 Å². The number of benzene rings is 1. The molecule has 1 aromatic carbocycles. The number of nitrogens with zero attached hydrogens (tertiary/aromatic N) is 1. The highest BCUT2D eigenvalue weighted by Crippen LogP contribution is 2.09. The van der Waals surface area contributed by atoms with Gasteiger partial charge in [0, 0.05) is 12.0 Å². The lowest BCUT2D eigenvalue weighted by atomic mass is 10.0. The van der Waals surface area contributed by atoms with Gasteiger partial charge in [0.2, 0.25) is 0 Å². The van der Waals surface area contributed by atoms with Crippen molar-refractivity contribution in [2.75, 3.05) is 6.61 Å². The fourth-order valence-electron chi connectivity index (χ4n) is 1.41. The summed E-state index contributed by atoms with van der Waals surface area (Å²) in [5, 5.41) is 8.72. The molecule has 0 saturated carbocycles. The van der Waals surface area contributed by atoms with Crippen molar-refractivity contribution in [2.45, 2.75) is 26.2 Å². The van der Waals surface area contributed by atoms with E-state index in [1.165, 1.54) is 6.07 Å². The first-order chi connectivity index (χ1) is 8.67. The Labute approximate surface area is 106 Å². The van der Waals surface area contributed by atoms with E-state index in [9.17, 15) is 9.59 Å². The summed E-state index contributed by atoms with van der Waals surface area (Å²) in [6.45, 7) is 2.29. The number of hydrogen-bond acceptors (Lipinski definition) is 4. The van der Waals surface area contributed by atoms with Crippen molar-refractivity contribution in [3.63, 3.8) is 0 Å². The van der Waals surface area contributed by atoms with E-state index in [2.05, 4.69) is 0 Å². The second-order valence-electron chi connectivity index (χ2n) is 3.84. The van der Waals surface area contributed by atoms with Crippen molar-refractivity contribution >= 4 is 11.8 Å². The summed E-state index contributed by atoms with van der Waals surface area (Å²) in [4.78, 5) is 23.0. The maximum absolute atomic E-state index is 11.8. The molecule has 4 heteroatoms. The molecular weight excluding hydrogens is 230 g/mol. The van der Waals surface area contributed by atoms with Gasteiger partial charge in [-0.05, 0) is 18.6 Å². The first-order valence-corrected chi connectivity index (χ1v) is 5.86. The van der Waals surface area contributed by atoms with E-state index in [4.69, 9.17) is 10.00 Å². The molecule has 0 atom stereocenters. The molecule has 0 bridgehead atoms. The molecule has 0 aliphatic heterocycles. The number of ketones is 1. The fourth-order valence-corrected chi connectivity index (χ4v) is 1.41. The first kappa shape index (κ1) is 13.9. The van der Waals surface area contributed by atoms with Crippen molar-refractivity contribution in [1.29, 1.82) is 5.26 Å². The predicted molar refractivity (Wildman–Crippen MR) is 66.0 cm³/mol. The van der Waals surface area contributed by atoms with Gasteiger partial charge in [-0.25, -0.2) is 0 Å². The average molecular weight is 245 g/mol. The van der Waals surface area contributed by atoms with Crippen LogP contribution in [0.1, 0.15) is 42.1 Å². The van der Waals surface area contributed by atoms with Crippen molar-refractivity contribution in [3.05, 3.63) is 35.4 Å². The van der Waals surface area contributed by atoms with Gasteiger partial charge in [0.1, 0.15) is 0 Å². The molecule has 1 rings (SSSR count). The van der Waals surface area contributed by atoms with Gasteiger partial charge in [0.05, 0.1) is 24.7 Å². The molecule has 94 valence electrons. The number of Topliss-reactive ketones (excluding diaryl/α,β-unsaturated/α-hetero) is 1. The standard InChI is InChI=1S/C14H15NO3/c1-2-8-18-14(17)7-6-13(16)12-5-3-4-11(9-12)10-15/h3-5,9H,2,6-8H2,1H3. The molecule has 0 N–H and O–H groups in total. The van der Waals surface area contributed by atoms with Crippen LogP contribution in [0.5, 0.6) is 0 Å². The van der Waals surface area contributed by atoms with E-state index in [-0.39, 0.29) is 24.6 Å². The summed E-state index contributed by atoms with van der Waals surface area (Å²) in [6, 6.07) is 8.42. The van der Waals surface area contributed by atoms with Crippen molar-refractivity contribution in [2.24, 2.45) is 0 Å². The van der Waals surface area contributed by atoms with Gasteiger partial charge in [-0.3, -0.25) is 9.59 Å². The van der Waals surface area contributed by atoms with Gasteiger partial charge in [-0.15, -0.1) is 0 Å². The Hall–Kier alpha value is -2.15. The van der Waals surface area contributed by atoms with Crippen LogP contribution in [0, 0.1) is 11.3 Å². The number of hydrogen-bond donors (Lipinski definition) is 0. The van der Waals surface area contributed by atoms with Gasteiger partial charge < -0.3 is 4.74 Å². The minimum atomic E-state index is -0.360. The quantitative estimate of drug-likeness (QED) is 0.570. The average Bonchev–Trinajstić information content (AvgIpc) is 2.42. The fraction of sp³-hybridized carbons (Fsp3) is 0.357. The Morgan fingerprint density at radius 3 is 2.78 bits per heavy atom. The molecule has 0 unspecified atom stereocenters. The number of carbonyl (C=O) groups excluding carboxylic acids is 2. The Morgan fingerprint density at radius 1 is 1.33 bits per heavy atom. The monoisotopic (exact) mass is 245 g/mol. The molecule has 0 spiro atoms. The van der Waals surface area contributed by atoms with Crippen LogP contribution in [-0.2, 0) is 9.53 Å².